The Labute approximate surface area is 146 Å². The number of hydrogen-bond donors (Lipinski definition) is 2. The van der Waals surface area contributed by atoms with Crippen molar-refractivity contribution in [1.82, 2.24) is 0 Å². The molecule has 1 heterocycles. The first-order valence-electron chi connectivity index (χ1n) is 8.42. The molecule has 24 heavy (non-hydrogen) atoms. The van der Waals surface area contributed by atoms with E-state index < -0.39 is 0 Å². The zero-order valence-electron chi connectivity index (χ0n) is 13.9. The molecule has 1 aromatic carbocycles. The monoisotopic (exact) mass is 342 g/mol. The van der Waals surface area contributed by atoms with E-state index in [-0.39, 0.29) is 11.8 Å². The molecular weight excluding hydrogens is 320 g/mol. The molecule has 0 spiro atoms. The Balaban J connectivity index is 1.73. The van der Waals surface area contributed by atoms with Gasteiger partial charge in [-0.15, -0.1) is 11.3 Å². The van der Waals surface area contributed by atoms with Gasteiger partial charge in [0.05, 0.1) is 4.88 Å². The maximum Gasteiger partial charge on any atom is 0.265 e. The molecule has 2 amide bonds. The largest absolute Gasteiger partial charge is 0.326 e. The molecule has 4 nitrogen and oxygen atoms in total. The minimum atomic E-state index is -0.128. The van der Waals surface area contributed by atoms with Crippen LogP contribution in [-0.2, 0) is 17.6 Å². The molecule has 0 atom stereocenters. The maximum absolute atomic E-state index is 12.5. The van der Waals surface area contributed by atoms with Crippen LogP contribution in [0.25, 0.3) is 0 Å². The van der Waals surface area contributed by atoms with Gasteiger partial charge in [0.15, 0.2) is 0 Å². The van der Waals surface area contributed by atoms with E-state index in [4.69, 9.17) is 0 Å². The quantitative estimate of drug-likeness (QED) is 0.855. The number of fused-ring (bicyclic) bond motifs is 1. The zero-order chi connectivity index (χ0) is 16.9. The third kappa shape index (κ3) is 4.23. The predicted molar refractivity (Wildman–Crippen MR) is 98.9 cm³/mol. The van der Waals surface area contributed by atoms with Crippen LogP contribution in [0.4, 0.5) is 11.4 Å². The van der Waals surface area contributed by atoms with Crippen LogP contribution in [0.5, 0.6) is 0 Å². The van der Waals surface area contributed by atoms with Gasteiger partial charge in [0.2, 0.25) is 5.91 Å². The summed E-state index contributed by atoms with van der Waals surface area (Å²) in [6.07, 6.45) is 7.17. The Morgan fingerprint density at radius 1 is 0.958 bits per heavy atom. The molecule has 3 rings (SSSR count). The third-order valence-electron chi connectivity index (χ3n) is 4.16. The van der Waals surface area contributed by atoms with Crippen LogP contribution >= 0.6 is 11.3 Å². The minimum Gasteiger partial charge on any atom is -0.326 e. The highest BCUT2D eigenvalue weighted by atomic mass is 32.1. The molecule has 0 bridgehead atoms. The lowest BCUT2D eigenvalue weighted by Crippen LogP contribution is -2.11. The molecule has 0 unspecified atom stereocenters. The average molecular weight is 342 g/mol. The number of aryl methyl sites for hydroxylation is 2. The number of thiophene rings is 1. The molecular formula is C19H22N2O2S. The van der Waals surface area contributed by atoms with Gasteiger partial charge in [0.25, 0.3) is 5.91 Å². The van der Waals surface area contributed by atoms with Crippen LogP contribution < -0.4 is 10.6 Å². The Kier molecular flexibility index (Phi) is 5.30. The van der Waals surface area contributed by atoms with Gasteiger partial charge in [-0.05, 0) is 55.5 Å². The molecule has 1 aliphatic carbocycles. The zero-order valence-corrected chi connectivity index (χ0v) is 14.7. The molecule has 0 radical (unpaired) electrons. The summed E-state index contributed by atoms with van der Waals surface area (Å²) in [5, 5.41) is 5.66. The number of hydrogen-bond acceptors (Lipinski definition) is 3. The van der Waals surface area contributed by atoms with Crippen molar-refractivity contribution in [3.63, 3.8) is 0 Å². The predicted octanol–water partition coefficient (Wildman–Crippen LogP) is 4.62. The Bertz CT molecular complexity index is 726. The smallest absolute Gasteiger partial charge is 0.265 e. The van der Waals surface area contributed by atoms with Crippen LogP contribution in [0, 0.1) is 0 Å². The summed E-state index contributed by atoms with van der Waals surface area (Å²) in [5.41, 5.74) is 2.71. The summed E-state index contributed by atoms with van der Waals surface area (Å²) < 4.78 is 0. The van der Waals surface area contributed by atoms with Crippen molar-refractivity contribution in [2.24, 2.45) is 0 Å². The number of anilines is 2. The fraction of sp³-hybridized carbons (Fsp3) is 0.368. The highest BCUT2D eigenvalue weighted by Gasteiger charge is 2.16. The van der Waals surface area contributed by atoms with Crippen molar-refractivity contribution in [2.75, 3.05) is 10.6 Å². The molecule has 2 N–H and O–H groups in total. The third-order valence-corrected chi connectivity index (χ3v) is 5.40. The van der Waals surface area contributed by atoms with Crippen LogP contribution in [0.1, 0.15) is 52.7 Å². The normalized spacial score (nSPS) is 14.2. The van der Waals surface area contributed by atoms with E-state index in [1.54, 1.807) is 23.5 Å². The van der Waals surface area contributed by atoms with Gasteiger partial charge in [0, 0.05) is 23.2 Å². The molecule has 5 heteroatoms. The Morgan fingerprint density at radius 3 is 2.42 bits per heavy atom. The summed E-state index contributed by atoms with van der Waals surface area (Å²) in [6, 6.07) is 9.26. The number of benzene rings is 1. The van der Waals surface area contributed by atoms with E-state index in [0.717, 1.165) is 17.7 Å². The second-order valence-corrected chi connectivity index (χ2v) is 7.33. The minimum absolute atomic E-state index is 0.0771. The second-order valence-electron chi connectivity index (χ2n) is 6.19. The Morgan fingerprint density at radius 2 is 1.67 bits per heavy atom. The van der Waals surface area contributed by atoms with E-state index >= 15 is 0 Å². The van der Waals surface area contributed by atoms with Crippen LogP contribution in [0.3, 0.4) is 0 Å². The van der Waals surface area contributed by atoms with Crippen molar-refractivity contribution >= 4 is 34.5 Å². The number of nitrogens with one attached hydrogen (secondary N) is 2. The molecule has 0 saturated carbocycles. The number of amides is 2. The van der Waals surface area contributed by atoms with Crippen molar-refractivity contribution in [3.8, 4) is 0 Å². The van der Waals surface area contributed by atoms with Crippen LogP contribution in [-0.4, -0.2) is 11.8 Å². The van der Waals surface area contributed by atoms with Crippen LogP contribution in [0.15, 0.2) is 30.3 Å². The van der Waals surface area contributed by atoms with Gasteiger partial charge in [0.1, 0.15) is 0 Å². The summed E-state index contributed by atoms with van der Waals surface area (Å²) >= 11 is 1.62. The van der Waals surface area contributed by atoms with Crippen molar-refractivity contribution in [1.29, 1.82) is 0 Å². The molecule has 126 valence electrons. The molecule has 0 saturated heterocycles. The maximum atomic E-state index is 12.5. The first-order valence-corrected chi connectivity index (χ1v) is 9.24. The van der Waals surface area contributed by atoms with Gasteiger partial charge in [-0.25, -0.2) is 0 Å². The molecule has 1 aromatic heterocycles. The van der Waals surface area contributed by atoms with E-state index in [1.807, 2.05) is 12.1 Å². The fourth-order valence-electron chi connectivity index (χ4n) is 3.03. The first kappa shape index (κ1) is 16.7. The number of carbonyl (C=O) groups excluding carboxylic acids is 2. The number of carbonyl (C=O) groups is 2. The van der Waals surface area contributed by atoms with E-state index in [2.05, 4.69) is 16.7 Å². The van der Waals surface area contributed by atoms with Crippen molar-refractivity contribution in [2.45, 2.75) is 45.4 Å². The first-order chi connectivity index (χ1) is 11.6. The second kappa shape index (κ2) is 7.62. The standard InChI is InChI=1S/C19H22N2O2S/c1-13(22)20-15-8-6-9-16(12-15)21-19(23)18-11-14-7-4-2-3-5-10-17(14)24-18/h6,8-9,11-12H,2-5,7,10H2,1H3,(H,20,22)(H,21,23). The SMILES string of the molecule is CC(=O)Nc1cccc(NC(=O)c2cc3c(s2)CCCCCC3)c1. The van der Waals surface area contributed by atoms with E-state index in [9.17, 15) is 9.59 Å². The summed E-state index contributed by atoms with van der Waals surface area (Å²) in [6.45, 7) is 1.46. The lowest BCUT2D eigenvalue weighted by molar-refractivity contribution is -0.114. The molecule has 0 fully saturated rings. The van der Waals surface area contributed by atoms with Gasteiger partial charge < -0.3 is 10.6 Å². The molecule has 0 aliphatic heterocycles. The fourth-order valence-corrected chi connectivity index (χ4v) is 4.18. The van der Waals surface area contributed by atoms with Gasteiger partial charge in [-0.1, -0.05) is 18.9 Å². The van der Waals surface area contributed by atoms with E-state index in [1.165, 1.54) is 43.0 Å². The summed E-state index contributed by atoms with van der Waals surface area (Å²) in [4.78, 5) is 25.8. The lowest BCUT2D eigenvalue weighted by Gasteiger charge is -2.07. The van der Waals surface area contributed by atoms with Gasteiger partial charge in [-0.2, -0.15) is 0 Å². The molecule has 1 aliphatic rings. The highest BCUT2D eigenvalue weighted by molar-refractivity contribution is 7.14. The summed E-state index contributed by atoms with van der Waals surface area (Å²) in [5.74, 6) is -0.205. The lowest BCUT2D eigenvalue weighted by atomic mass is 10.00. The van der Waals surface area contributed by atoms with Gasteiger partial charge >= 0.3 is 0 Å². The average Bonchev–Trinajstić information content (AvgIpc) is 2.89. The Hall–Kier alpha value is -2.14. The highest BCUT2D eigenvalue weighted by Crippen LogP contribution is 2.29. The van der Waals surface area contributed by atoms with Gasteiger partial charge in [-0.3, -0.25) is 9.59 Å². The number of rotatable bonds is 3. The topological polar surface area (TPSA) is 58.2 Å². The van der Waals surface area contributed by atoms with E-state index in [0.29, 0.717) is 11.4 Å². The van der Waals surface area contributed by atoms with Crippen LogP contribution in [0.2, 0.25) is 0 Å². The van der Waals surface area contributed by atoms with Crippen molar-refractivity contribution < 1.29 is 9.59 Å². The van der Waals surface area contributed by atoms with Crippen molar-refractivity contribution in [3.05, 3.63) is 45.6 Å². The molecule has 2 aromatic rings. The summed E-state index contributed by atoms with van der Waals surface area (Å²) in [7, 11) is 0.